The lowest BCUT2D eigenvalue weighted by atomic mass is 10.0. The molecule has 1 aliphatic rings. The lowest BCUT2D eigenvalue weighted by Gasteiger charge is -2.32. The van der Waals surface area contributed by atoms with Gasteiger partial charge in [-0.3, -0.25) is 14.3 Å². The zero-order valence-corrected chi connectivity index (χ0v) is 10.4. The van der Waals surface area contributed by atoms with Gasteiger partial charge in [-0.15, -0.1) is 0 Å². The molecule has 98 valence electrons. The molecule has 1 aromatic heterocycles. The lowest BCUT2D eigenvalue weighted by molar-refractivity contribution is -0.137. The van der Waals surface area contributed by atoms with Crippen LogP contribution in [0.25, 0.3) is 0 Å². The number of hydrogen-bond acceptors (Lipinski definition) is 3. The Labute approximate surface area is 105 Å². The van der Waals surface area contributed by atoms with E-state index in [9.17, 15) is 9.59 Å². The fourth-order valence-electron chi connectivity index (χ4n) is 2.25. The fraction of sp³-hybridized carbons (Fsp3) is 0.583. The summed E-state index contributed by atoms with van der Waals surface area (Å²) < 4.78 is 1.27. The number of piperidine rings is 1. The van der Waals surface area contributed by atoms with Crippen LogP contribution in [0.4, 0.5) is 0 Å². The summed E-state index contributed by atoms with van der Waals surface area (Å²) in [5.74, 6) is -1.07. The third kappa shape index (κ3) is 2.69. The third-order valence-electron chi connectivity index (χ3n) is 3.22. The van der Waals surface area contributed by atoms with Crippen LogP contribution in [0.3, 0.4) is 0 Å². The molecule has 1 fully saturated rings. The normalized spacial score (nSPS) is 19.8. The molecule has 1 saturated heterocycles. The van der Waals surface area contributed by atoms with Crippen LogP contribution in [0.5, 0.6) is 0 Å². The van der Waals surface area contributed by atoms with E-state index in [1.54, 1.807) is 6.07 Å². The van der Waals surface area contributed by atoms with Crippen LogP contribution in [-0.4, -0.2) is 44.3 Å². The molecule has 1 unspecified atom stereocenters. The predicted octanol–water partition coefficient (Wildman–Crippen LogP) is 0.982. The largest absolute Gasteiger partial charge is 0.480 e. The maximum atomic E-state index is 12.2. The van der Waals surface area contributed by atoms with E-state index in [0.717, 1.165) is 25.8 Å². The molecular weight excluding hydrogens is 234 g/mol. The minimum absolute atomic E-state index is 0.105. The second-order valence-corrected chi connectivity index (χ2v) is 4.64. The lowest BCUT2D eigenvalue weighted by Crippen LogP contribution is -2.42. The van der Waals surface area contributed by atoms with Crippen molar-refractivity contribution in [1.82, 2.24) is 14.7 Å². The Hall–Kier alpha value is -1.85. The van der Waals surface area contributed by atoms with Crippen molar-refractivity contribution < 1.29 is 14.7 Å². The van der Waals surface area contributed by atoms with Gasteiger partial charge in [-0.1, -0.05) is 0 Å². The average molecular weight is 251 g/mol. The summed E-state index contributed by atoms with van der Waals surface area (Å²) in [7, 11) is 0. The van der Waals surface area contributed by atoms with Gasteiger partial charge in [0.25, 0.3) is 5.91 Å². The number of carboxylic acids is 1. The van der Waals surface area contributed by atoms with Crippen molar-refractivity contribution in [2.75, 3.05) is 6.54 Å². The number of hydrogen-bond donors (Lipinski definition) is 1. The Balaban J connectivity index is 2.08. The van der Waals surface area contributed by atoms with Gasteiger partial charge < -0.3 is 10.0 Å². The van der Waals surface area contributed by atoms with Crippen LogP contribution < -0.4 is 0 Å². The molecule has 2 heterocycles. The summed E-state index contributed by atoms with van der Waals surface area (Å²) in [6, 6.07) is 1.81. The van der Waals surface area contributed by atoms with Crippen LogP contribution in [0.15, 0.2) is 12.3 Å². The van der Waals surface area contributed by atoms with Crippen LogP contribution in [0, 0.1) is 0 Å². The Morgan fingerprint density at radius 3 is 2.94 bits per heavy atom. The SMILES string of the molecule is CC1CCCCN1C(=O)c1ccn(CC(=O)O)n1. The van der Waals surface area contributed by atoms with Crippen LogP contribution >= 0.6 is 0 Å². The molecule has 0 aromatic carbocycles. The van der Waals surface area contributed by atoms with Crippen molar-refractivity contribution in [3.05, 3.63) is 18.0 Å². The number of aliphatic carboxylic acids is 1. The van der Waals surface area contributed by atoms with Gasteiger partial charge in [-0.2, -0.15) is 5.10 Å². The minimum atomic E-state index is -0.969. The monoisotopic (exact) mass is 251 g/mol. The van der Waals surface area contributed by atoms with Gasteiger partial charge in [0.2, 0.25) is 0 Å². The Kier molecular flexibility index (Phi) is 3.64. The van der Waals surface area contributed by atoms with Gasteiger partial charge in [0.15, 0.2) is 0 Å². The second-order valence-electron chi connectivity index (χ2n) is 4.64. The first-order valence-electron chi connectivity index (χ1n) is 6.14. The Morgan fingerprint density at radius 1 is 1.50 bits per heavy atom. The Morgan fingerprint density at radius 2 is 2.28 bits per heavy atom. The molecular formula is C12H17N3O3. The molecule has 0 radical (unpaired) electrons. The van der Waals surface area contributed by atoms with Crippen LogP contribution in [0.2, 0.25) is 0 Å². The summed E-state index contributed by atoms with van der Waals surface area (Å²) in [5.41, 5.74) is 0.324. The van der Waals surface area contributed by atoms with Gasteiger partial charge in [-0.05, 0) is 32.3 Å². The molecule has 6 heteroatoms. The maximum Gasteiger partial charge on any atom is 0.325 e. The van der Waals surface area contributed by atoms with Crippen molar-refractivity contribution in [2.24, 2.45) is 0 Å². The van der Waals surface area contributed by atoms with Crippen LogP contribution in [0.1, 0.15) is 36.7 Å². The zero-order valence-electron chi connectivity index (χ0n) is 10.4. The first-order chi connectivity index (χ1) is 8.58. The molecule has 0 bridgehead atoms. The van der Waals surface area contributed by atoms with Gasteiger partial charge >= 0.3 is 5.97 Å². The zero-order chi connectivity index (χ0) is 13.1. The van der Waals surface area contributed by atoms with E-state index in [0.29, 0.717) is 5.69 Å². The molecule has 1 atom stereocenters. The molecule has 1 N–H and O–H groups in total. The summed E-state index contributed by atoms with van der Waals surface area (Å²) in [6.45, 7) is 2.57. The van der Waals surface area contributed by atoms with Crippen molar-refractivity contribution in [2.45, 2.75) is 38.8 Å². The highest BCUT2D eigenvalue weighted by Gasteiger charge is 2.25. The van der Waals surface area contributed by atoms with Crippen molar-refractivity contribution in [3.63, 3.8) is 0 Å². The molecule has 1 aromatic rings. The second kappa shape index (κ2) is 5.20. The van der Waals surface area contributed by atoms with E-state index in [1.807, 2.05) is 11.8 Å². The predicted molar refractivity (Wildman–Crippen MR) is 64.2 cm³/mol. The van der Waals surface area contributed by atoms with Crippen molar-refractivity contribution in [3.8, 4) is 0 Å². The van der Waals surface area contributed by atoms with Crippen molar-refractivity contribution >= 4 is 11.9 Å². The van der Waals surface area contributed by atoms with E-state index >= 15 is 0 Å². The summed E-state index contributed by atoms with van der Waals surface area (Å²) in [5, 5.41) is 12.7. The maximum absolute atomic E-state index is 12.2. The third-order valence-corrected chi connectivity index (χ3v) is 3.22. The number of amides is 1. The molecule has 2 rings (SSSR count). The average Bonchev–Trinajstić information content (AvgIpc) is 2.76. The highest BCUT2D eigenvalue weighted by atomic mass is 16.4. The van der Waals surface area contributed by atoms with Crippen LogP contribution in [-0.2, 0) is 11.3 Å². The number of nitrogens with zero attached hydrogens (tertiary/aromatic N) is 3. The number of likely N-dealkylation sites (tertiary alicyclic amines) is 1. The summed E-state index contributed by atoms with van der Waals surface area (Å²) >= 11 is 0. The van der Waals surface area contributed by atoms with Gasteiger partial charge in [0, 0.05) is 18.8 Å². The van der Waals surface area contributed by atoms with E-state index in [4.69, 9.17) is 5.11 Å². The van der Waals surface area contributed by atoms with Crippen molar-refractivity contribution in [1.29, 1.82) is 0 Å². The van der Waals surface area contributed by atoms with Gasteiger partial charge in [0.05, 0.1) is 0 Å². The first kappa shape index (κ1) is 12.6. The molecule has 6 nitrogen and oxygen atoms in total. The highest BCUT2D eigenvalue weighted by Crippen LogP contribution is 2.18. The quantitative estimate of drug-likeness (QED) is 0.869. The van der Waals surface area contributed by atoms with E-state index in [-0.39, 0.29) is 18.5 Å². The number of carbonyl (C=O) groups excluding carboxylic acids is 1. The standard InChI is InChI=1S/C12H17N3O3/c1-9-4-2-3-6-15(9)12(18)10-5-7-14(13-10)8-11(16)17/h5,7,9H,2-4,6,8H2,1H3,(H,16,17). The Bertz CT molecular complexity index is 455. The number of carbonyl (C=O) groups is 2. The topological polar surface area (TPSA) is 75.4 Å². The molecule has 0 saturated carbocycles. The first-order valence-corrected chi connectivity index (χ1v) is 6.14. The number of rotatable bonds is 3. The van der Waals surface area contributed by atoms with Gasteiger partial charge in [0.1, 0.15) is 12.2 Å². The van der Waals surface area contributed by atoms with E-state index < -0.39 is 5.97 Å². The fourth-order valence-corrected chi connectivity index (χ4v) is 2.25. The molecule has 18 heavy (non-hydrogen) atoms. The van der Waals surface area contributed by atoms with E-state index in [1.165, 1.54) is 10.9 Å². The van der Waals surface area contributed by atoms with E-state index in [2.05, 4.69) is 5.10 Å². The van der Waals surface area contributed by atoms with Gasteiger partial charge in [-0.25, -0.2) is 0 Å². The molecule has 1 aliphatic heterocycles. The molecule has 1 amide bonds. The smallest absolute Gasteiger partial charge is 0.325 e. The molecule has 0 spiro atoms. The number of carboxylic acid groups (broad SMARTS) is 1. The highest BCUT2D eigenvalue weighted by molar-refractivity contribution is 5.92. The summed E-state index contributed by atoms with van der Waals surface area (Å²) in [4.78, 5) is 24.6. The molecule has 0 aliphatic carbocycles. The number of aromatic nitrogens is 2. The minimum Gasteiger partial charge on any atom is -0.480 e. The summed E-state index contributed by atoms with van der Waals surface area (Å²) in [6.07, 6.45) is 4.71.